The quantitative estimate of drug-likeness (QED) is 0.467. The molecule has 0 aromatic carbocycles. The van der Waals surface area contributed by atoms with E-state index in [9.17, 15) is 0 Å². The topological polar surface area (TPSA) is 0 Å². The van der Waals surface area contributed by atoms with Crippen molar-refractivity contribution >= 4 is 15.9 Å². The zero-order valence-electron chi connectivity index (χ0n) is 11.6. The summed E-state index contributed by atoms with van der Waals surface area (Å²) in [5.41, 5.74) is 0. The van der Waals surface area contributed by atoms with E-state index in [-0.39, 0.29) is 0 Å². The Morgan fingerprint density at radius 3 is 0.938 bits per heavy atom. The molecule has 1 heteroatoms. The maximum absolute atomic E-state index is 2.94. The Bertz CT molecular complexity index is 105. The highest BCUT2D eigenvalue weighted by Crippen LogP contribution is 2.22. The minimum atomic E-state index is 1.04. The van der Waals surface area contributed by atoms with Crippen molar-refractivity contribution in [3.05, 3.63) is 0 Å². The van der Waals surface area contributed by atoms with Crippen LogP contribution in [-0.2, 0) is 0 Å². The predicted molar refractivity (Wildman–Crippen MR) is 79.3 cm³/mol. The average molecular weight is 291 g/mol. The molecule has 2 rings (SSSR count). The second-order valence-corrected chi connectivity index (χ2v) is 5.49. The molecule has 0 nitrogen and oxygen atoms in total. The molecule has 0 radical (unpaired) electrons. The molecule has 2 saturated carbocycles. The van der Waals surface area contributed by atoms with Crippen LogP contribution in [0.2, 0.25) is 0 Å². The van der Waals surface area contributed by atoms with Crippen LogP contribution in [0.4, 0.5) is 0 Å². The van der Waals surface area contributed by atoms with Crippen LogP contribution in [0.15, 0.2) is 0 Å². The normalized spacial score (nSPS) is 22.5. The van der Waals surface area contributed by atoms with Gasteiger partial charge in [-0.15, -0.1) is 0 Å². The van der Waals surface area contributed by atoms with Crippen LogP contribution in [-0.4, -0.2) is 5.83 Å². The molecule has 0 saturated heterocycles. The fourth-order valence-electron chi connectivity index (χ4n) is 2.61. The number of alkyl halides is 1. The van der Waals surface area contributed by atoms with Gasteiger partial charge in [0.2, 0.25) is 0 Å². The van der Waals surface area contributed by atoms with E-state index in [1.165, 1.54) is 64.2 Å². The zero-order chi connectivity index (χ0) is 12.2. The van der Waals surface area contributed by atoms with Crippen LogP contribution in [0.1, 0.15) is 78.1 Å². The van der Waals surface area contributed by atoms with Gasteiger partial charge in [-0.25, -0.2) is 0 Å². The summed E-state index contributed by atoms with van der Waals surface area (Å²) >= 11 is 2.94. The second kappa shape index (κ2) is 12.0. The van der Waals surface area contributed by atoms with Crippen molar-refractivity contribution in [3.8, 4) is 0 Å². The number of rotatable bonds is 0. The molecule has 98 valence electrons. The standard InChI is InChI=1S/2C7H14.CH3Br/c2*1-7-5-3-2-4-6-7;1-2/h2*7H,2-6H2,1H3;1H3. The van der Waals surface area contributed by atoms with Crippen molar-refractivity contribution in [1.29, 1.82) is 0 Å². The van der Waals surface area contributed by atoms with Gasteiger partial charge in [0.15, 0.2) is 0 Å². The summed E-state index contributed by atoms with van der Waals surface area (Å²) < 4.78 is 0. The zero-order valence-corrected chi connectivity index (χ0v) is 13.2. The second-order valence-electron chi connectivity index (χ2n) is 5.49. The summed E-state index contributed by atoms with van der Waals surface area (Å²) in [6.07, 6.45) is 14.9. The summed E-state index contributed by atoms with van der Waals surface area (Å²) in [4.78, 5) is 0. The lowest BCUT2D eigenvalue weighted by Crippen LogP contribution is -1.99. The molecule has 2 aliphatic rings. The first-order chi connectivity index (χ1) is 7.79. The Morgan fingerprint density at radius 2 is 0.812 bits per heavy atom. The summed E-state index contributed by atoms with van der Waals surface area (Å²) in [6.45, 7) is 4.72. The van der Waals surface area contributed by atoms with Crippen LogP contribution < -0.4 is 0 Å². The van der Waals surface area contributed by atoms with Crippen molar-refractivity contribution in [1.82, 2.24) is 0 Å². The van der Waals surface area contributed by atoms with Crippen molar-refractivity contribution in [2.45, 2.75) is 78.1 Å². The fraction of sp³-hybridized carbons (Fsp3) is 1.00. The van der Waals surface area contributed by atoms with Crippen LogP contribution in [0, 0.1) is 11.8 Å². The Kier molecular flexibility index (Phi) is 12.3. The van der Waals surface area contributed by atoms with Crippen LogP contribution in [0.5, 0.6) is 0 Å². The van der Waals surface area contributed by atoms with Gasteiger partial charge in [0.25, 0.3) is 0 Å². The SMILES string of the molecule is CBr.CC1CCCCC1.CC1CCCCC1. The van der Waals surface area contributed by atoms with Gasteiger partial charge in [-0.3, -0.25) is 0 Å². The Balaban J connectivity index is 0.000000244. The van der Waals surface area contributed by atoms with Crippen molar-refractivity contribution in [2.75, 3.05) is 5.83 Å². The number of halogens is 1. The molecule has 16 heavy (non-hydrogen) atoms. The molecular weight excluding hydrogens is 260 g/mol. The summed E-state index contributed by atoms with van der Waals surface area (Å²) in [7, 11) is 0. The molecule has 0 unspecified atom stereocenters. The van der Waals surface area contributed by atoms with Crippen LogP contribution >= 0.6 is 15.9 Å². The Labute approximate surface area is 112 Å². The third kappa shape index (κ3) is 9.69. The summed E-state index contributed by atoms with van der Waals surface area (Å²) in [5, 5.41) is 0. The first kappa shape index (κ1) is 16.5. The third-order valence-electron chi connectivity index (χ3n) is 3.79. The van der Waals surface area contributed by atoms with Gasteiger partial charge in [-0.2, -0.15) is 0 Å². The van der Waals surface area contributed by atoms with Crippen molar-refractivity contribution in [2.24, 2.45) is 11.8 Å². The van der Waals surface area contributed by atoms with E-state index in [4.69, 9.17) is 0 Å². The summed E-state index contributed by atoms with van der Waals surface area (Å²) in [5.74, 6) is 3.88. The van der Waals surface area contributed by atoms with Gasteiger partial charge in [-0.1, -0.05) is 94.0 Å². The lowest BCUT2D eigenvalue weighted by Gasteiger charge is -2.15. The van der Waals surface area contributed by atoms with E-state index in [0.29, 0.717) is 0 Å². The van der Waals surface area contributed by atoms with E-state index in [0.717, 1.165) is 11.8 Å². The van der Waals surface area contributed by atoms with Gasteiger partial charge in [0.05, 0.1) is 0 Å². The monoisotopic (exact) mass is 290 g/mol. The molecule has 0 heterocycles. The van der Waals surface area contributed by atoms with E-state index in [1.54, 1.807) is 0 Å². The van der Waals surface area contributed by atoms with Crippen molar-refractivity contribution < 1.29 is 0 Å². The molecule has 0 N–H and O–H groups in total. The lowest BCUT2D eigenvalue weighted by atomic mass is 9.91. The van der Waals surface area contributed by atoms with E-state index >= 15 is 0 Å². The average Bonchev–Trinajstić information content (AvgIpc) is 2.34. The van der Waals surface area contributed by atoms with Crippen molar-refractivity contribution in [3.63, 3.8) is 0 Å². The van der Waals surface area contributed by atoms with Gasteiger partial charge in [0.1, 0.15) is 0 Å². The van der Waals surface area contributed by atoms with E-state index in [2.05, 4.69) is 29.8 Å². The fourth-order valence-corrected chi connectivity index (χ4v) is 2.61. The first-order valence-electron chi connectivity index (χ1n) is 7.17. The molecule has 0 atom stereocenters. The van der Waals surface area contributed by atoms with Gasteiger partial charge in [0, 0.05) is 0 Å². The predicted octanol–water partition coefficient (Wildman–Crippen LogP) is 6.18. The van der Waals surface area contributed by atoms with E-state index in [1.807, 2.05) is 5.83 Å². The molecule has 0 aromatic heterocycles. The lowest BCUT2D eigenvalue weighted by molar-refractivity contribution is 0.385. The van der Waals surface area contributed by atoms with Crippen LogP contribution in [0.25, 0.3) is 0 Å². The smallest absolute Gasteiger partial charge is 0.00848 e. The molecule has 0 bridgehead atoms. The highest BCUT2D eigenvalue weighted by atomic mass is 79.9. The van der Waals surface area contributed by atoms with Gasteiger partial charge >= 0.3 is 0 Å². The maximum Gasteiger partial charge on any atom is -0.00848 e. The minimum absolute atomic E-state index is 1.04. The minimum Gasteiger partial charge on any atom is -0.0966 e. The largest absolute Gasteiger partial charge is 0.0966 e. The van der Waals surface area contributed by atoms with Crippen LogP contribution in [0.3, 0.4) is 0 Å². The van der Waals surface area contributed by atoms with Gasteiger partial charge in [-0.05, 0) is 17.7 Å². The third-order valence-corrected chi connectivity index (χ3v) is 3.79. The van der Waals surface area contributed by atoms with E-state index < -0.39 is 0 Å². The summed E-state index contributed by atoms with van der Waals surface area (Å²) in [6, 6.07) is 0. The molecular formula is C15H31Br. The first-order valence-corrected chi connectivity index (χ1v) is 8.75. The molecule has 0 aliphatic heterocycles. The molecule has 0 amide bonds. The van der Waals surface area contributed by atoms with Gasteiger partial charge < -0.3 is 0 Å². The number of hydrogen-bond donors (Lipinski definition) is 0. The molecule has 0 aromatic rings. The maximum atomic E-state index is 2.94. The molecule has 2 fully saturated rings. The highest BCUT2D eigenvalue weighted by Gasteiger charge is 2.06. The Morgan fingerprint density at radius 1 is 0.562 bits per heavy atom. The Hall–Kier alpha value is 0.480. The molecule has 2 aliphatic carbocycles. The highest BCUT2D eigenvalue weighted by molar-refractivity contribution is 9.08. The molecule has 0 spiro atoms. The number of hydrogen-bond acceptors (Lipinski definition) is 0.